The number of hydrogen-bond donors (Lipinski definition) is 1. The Bertz CT molecular complexity index is 505. The number of nitrogens with one attached hydrogen (secondary N) is 1. The number of carbonyl (C=O) groups excluding carboxylic acids is 1. The number of para-hydroxylation sites is 1. The van der Waals surface area contributed by atoms with Gasteiger partial charge in [0.05, 0.1) is 7.11 Å². The molecule has 2 rings (SSSR count). The van der Waals surface area contributed by atoms with Gasteiger partial charge in [0.2, 0.25) is 0 Å². The van der Waals surface area contributed by atoms with E-state index in [0.29, 0.717) is 5.92 Å². The predicted octanol–water partition coefficient (Wildman–Crippen LogP) is 2.65. The lowest BCUT2D eigenvalue weighted by atomic mass is 10.0. The lowest BCUT2D eigenvalue weighted by Gasteiger charge is -2.39. The van der Waals surface area contributed by atoms with Crippen LogP contribution < -0.4 is 10.1 Å². The van der Waals surface area contributed by atoms with Crippen LogP contribution in [0.4, 0.5) is 4.79 Å². The van der Waals surface area contributed by atoms with E-state index in [9.17, 15) is 4.79 Å². The van der Waals surface area contributed by atoms with Gasteiger partial charge in [0.1, 0.15) is 11.4 Å². The Balaban J connectivity index is 1.67. The van der Waals surface area contributed by atoms with E-state index in [1.165, 1.54) is 0 Å². The van der Waals surface area contributed by atoms with Crippen molar-refractivity contribution in [3.63, 3.8) is 0 Å². The Kier molecular flexibility index (Phi) is 5.29. The molecule has 1 amide bonds. The van der Waals surface area contributed by atoms with Crippen molar-refractivity contribution in [3.8, 4) is 5.75 Å². The first-order valence-electron chi connectivity index (χ1n) is 7.69. The van der Waals surface area contributed by atoms with Gasteiger partial charge in [0.25, 0.3) is 0 Å². The lowest BCUT2D eigenvalue weighted by Crippen LogP contribution is -2.54. The topological polar surface area (TPSA) is 50.8 Å². The number of nitrogens with zero attached hydrogens (tertiary/aromatic N) is 1. The number of carbonyl (C=O) groups is 1. The van der Waals surface area contributed by atoms with Gasteiger partial charge in [-0.1, -0.05) is 18.2 Å². The maximum atomic E-state index is 11.8. The van der Waals surface area contributed by atoms with Crippen molar-refractivity contribution >= 4 is 6.09 Å². The van der Waals surface area contributed by atoms with E-state index in [2.05, 4.69) is 11.4 Å². The molecule has 0 bridgehead atoms. The summed E-state index contributed by atoms with van der Waals surface area (Å²) in [5, 5.41) is 3.43. The van der Waals surface area contributed by atoms with Crippen molar-refractivity contribution in [1.29, 1.82) is 0 Å². The smallest absolute Gasteiger partial charge is 0.410 e. The number of amides is 1. The van der Waals surface area contributed by atoms with Crippen molar-refractivity contribution in [3.05, 3.63) is 29.8 Å². The molecule has 1 aromatic carbocycles. The minimum Gasteiger partial charge on any atom is -0.496 e. The number of benzene rings is 1. The van der Waals surface area contributed by atoms with Crippen LogP contribution >= 0.6 is 0 Å². The van der Waals surface area contributed by atoms with Crippen molar-refractivity contribution < 1.29 is 14.3 Å². The molecule has 1 aromatic rings. The molecule has 0 spiro atoms. The highest BCUT2D eigenvalue weighted by Gasteiger charge is 2.33. The van der Waals surface area contributed by atoms with Crippen molar-refractivity contribution in [2.24, 2.45) is 5.92 Å². The highest BCUT2D eigenvalue weighted by Crippen LogP contribution is 2.20. The van der Waals surface area contributed by atoms with Gasteiger partial charge in [-0.25, -0.2) is 4.79 Å². The fourth-order valence-corrected chi connectivity index (χ4v) is 2.43. The number of hydrogen-bond acceptors (Lipinski definition) is 4. The monoisotopic (exact) mass is 306 g/mol. The number of methoxy groups -OCH3 is 1. The largest absolute Gasteiger partial charge is 0.496 e. The fourth-order valence-electron chi connectivity index (χ4n) is 2.43. The van der Waals surface area contributed by atoms with Crippen molar-refractivity contribution in [2.75, 3.05) is 26.7 Å². The fraction of sp³-hybridized carbons (Fsp3) is 0.588. The van der Waals surface area contributed by atoms with Gasteiger partial charge in [0.15, 0.2) is 0 Å². The maximum absolute atomic E-state index is 11.8. The average Bonchev–Trinajstić information content (AvgIpc) is 2.39. The number of rotatable bonds is 5. The molecular formula is C17H26N2O3. The standard InChI is InChI=1S/C17H26N2O3/c1-17(2,3)22-16(20)19-11-13(12-19)9-18-10-14-7-5-6-8-15(14)21-4/h5-8,13,18H,9-12H2,1-4H3. The summed E-state index contributed by atoms with van der Waals surface area (Å²) in [6, 6.07) is 7.99. The van der Waals surface area contributed by atoms with E-state index in [-0.39, 0.29) is 6.09 Å². The molecule has 0 radical (unpaired) electrons. The SMILES string of the molecule is COc1ccccc1CNCC1CN(C(=O)OC(C)(C)C)C1. The third-order valence-electron chi connectivity index (χ3n) is 3.55. The summed E-state index contributed by atoms with van der Waals surface area (Å²) < 4.78 is 10.7. The Hall–Kier alpha value is -1.75. The summed E-state index contributed by atoms with van der Waals surface area (Å²) in [7, 11) is 1.68. The molecule has 122 valence electrons. The highest BCUT2D eigenvalue weighted by molar-refractivity contribution is 5.69. The molecule has 0 atom stereocenters. The van der Waals surface area contributed by atoms with Crippen LogP contribution in [0.1, 0.15) is 26.3 Å². The van der Waals surface area contributed by atoms with Gasteiger partial charge in [-0.3, -0.25) is 0 Å². The second kappa shape index (κ2) is 7.01. The molecule has 5 heteroatoms. The van der Waals surface area contributed by atoms with Crippen molar-refractivity contribution in [2.45, 2.75) is 32.9 Å². The van der Waals surface area contributed by atoms with Crippen LogP contribution in [-0.2, 0) is 11.3 Å². The Morgan fingerprint density at radius 1 is 1.32 bits per heavy atom. The molecule has 1 N–H and O–H groups in total. The van der Waals surface area contributed by atoms with Crippen LogP contribution in [0.3, 0.4) is 0 Å². The molecule has 0 aliphatic carbocycles. The van der Waals surface area contributed by atoms with Crippen LogP contribution in [0.25, 0.3) is 0 Å². The highest BCUT2D eigenvalue weighted by atomic mass is 16.6. The molecule has 1 aliphatic rings. The minimum absolute atomic E-state index is 0.214. The van der Waals surface area contributed by atoms with Gasteiger partial charge < -0.3 is 19.7 Å². The molecule has 0 saturated carbocycles. The number of likely N-dealkylation sites (tertiary alicyclic amines) is 1. The first kappa shape index (κ1) is 16.6. The molecule has 1 fully saturated rings. The third-order valence-corrected chi connectivity index (χ3v) is 3.55. The van der Waals surface area contributed by atoms with E-state index < -0.39 is 5.60 Å². The summed E-state index contributed by atoms with van der Waals surface area (Å²) in [6.07, 6.45) is -0.214. The lowest BCUT2D eigenvalue weighted by molar-refractivity contribution is -0.000800. The van der Waals surface area contributed by atoms with E-state index in [1.54, 1.807) is 12.0 Å². The van der Waals surface area contributed by atoms with Crippen LogP contribution in [0.5, 0.6) is 5.75 Å². The van der Waals surface area contributed by atoms with Crippen LogP contribution in [0.2, 0.25) is 0 Å². The molecule has 0 unspecified atom stereocenters. The zero-order valence-corrected chi connectivity index (χ0v) is 13.9. The Morgan fingerprint density at radius 3 is 2.64 bits per heavy atom. The normalized spacial score (nSPS) is 15.4. The second-order valence-electron chi connectivity index (χ2n) is 6.69. The molecule has 22 heavy (non-hydrogen) atoms. The number of ether oxygens (including phenoxy) is 2. The zero-order chi connectivity index (χ0) is 16.2. The Morgan fingerprint density at radius 2 is 2.00 bits per heavy atom. The Labute approximate surface area is 132 Å². The first-order chi connectivity index (χ1) is 10.4. The summed E-state index contributed by atoms with van der Waals surface area (Å²) in [5.74, 6) is 1.39. The summed E-state index contributed by atoms with van der Waals surface area (Å²) in [5.41, 5.74) is 0.720. The molecular weight excluding hydrogens is 280 g/mol. The van der Waals surface area contributed by atoms with Crippen LogP contribution in [0.15, 0.2) is 24.3 Å². The van der Waals surface area contributed by atoms with E-state index in [0.717, 1.165) is 37.5 Å². The summed E-state index contributed by atoms with van der Waals surface area (Å²) >= 11 is 0. The van der Waals surface area contributed by atoms with Gasteiger partial charge >= 0.3 is 6.09 Å². The molecule has 1 heterocycles. The minimum atomic E-state index is -0.426. The van der Waals surface area contributed by atoms with Crippen LogP contribution in [0, 0.1) is 5.92 Å². The maximum Gasteiger partial charge on any atom is 0.410 e. The molecule has 1 aliphatic heterocycles. The third kappa shape index (κ3) is 4.63. The molecule has 0 aromatic heterocycles. The summed E-state index contributed by atoms with van der Waals surface area (Å²) in [4.78, 5) is 13.6. The first-order valence-corrected chi connectivity index (χ1v) is 7.69. The van der Waals surface area contributed by atoms with E-state index in [1.807, 2.05) is 39.0 Å². The predicted molar refractivity (Wildman–Crippen MR) is 86.0 cm³/mol. The van der Waals surface area contributed by atoms with Crippen LogP contribution in [-0.4, -0.2) is 43.3 Å². The van der Waals surface area contributed by atoms with Gasteiger partial charge in [-0.15, -0.1) is 0 Å². The van der Waals surface area contributed by atoms with Gasteiger partial charge in [-0.2, -0.15) is 0 Å². The molecule has 5 nitrogen and oxygen atoms in total. The molecule has 1 saturated heterocycles. The van der Waals surface area contributed by atoms with Crippen molar-refractivity contribution in [1.82, 2.24) is 10.2 Å². The summed E-state index contributed by atoms with van der Waals surface area (Å²) in [6.45, 7) is 8.83. The quantitative estimate of drug-likeness (QED) is 0.908. The van der Waals surface area contributed by atoms with Gasteiger partial charge in [0, 0.05) is 37.7 Å². The second-order valence-corrected chi connectivity index (χ2v) is 6.69. The average molecular weight is 306 g/mol. The zero-order valence-electron chi connectivity index (χ0n) is 13.9. The van der Waals surface area contributed by atoms with E-state index in [4.69, 9.17) is 9.47 Å². The van der Waals surface area contributed by atoms with Gasteiger partial charge in [-0.05, 0) is 26.8 Å². The van der Waals surface area contributed by atoms with E-state index >= 15 is 0 Å².